The van der Waals surface area contributed by atoms with Gasteiger partial charge in [-0.1, -0.05) is 19.3 Å². The first-order valence-electron chi connectivity index (χ1n) is 7.71. The fraction of sp³-hybridized carbons (Fsp3) is 0.800. The molecule has 1 aliphatic carbocycles. The van der Waals surface area contributed by atoms with Crippen molar-refractivity contribution in [2.75, 3.05) is 18.5 Å². The van der Waals surface area contributed by atoms with Crippen molar-refractivity contribution in [1.82, 2.24) is 9.55 Å². The third kappa shape index (κ3) is 2.94. The van der Waals surface area contributed by atoms with Gasteiger partial charge in [-0.2, -0.15) is 0 Å². The standard InChI is InChI=1S/C15H25N3O/c1-12(13-7-10-19-11-13)17-15-16-8-9-18(15)14-5-3-2-4-6-14/h8-9,12-14H,2-7,10-11H2,1H3,(H,16,17). The number of nitrogens with zero attached hydrogens (tertiary/aromatic N) is 2. The molecule has 1 aliphatic heterocycles. The first-order chi connectivity index (χ1) is 9.34. The molecule has 2 heterocycles. The Balaban J connectivity index is 1.65. The summed E-state index contributed by atoms with van der Waals surface area (Å²) in [6.07, 6.45) is 11.9. The van der Waals surface area contributed by atoms with Crippen LogP contribution in [0.5, 0.6) is 0 Å². The van der Waals surface area contributed by atoms with Gasteiger partial charge in [0, 0.05) is 37.0 Å². The van der Waals surface area contributed by atoms with Crippen molar-refractivity contribution in [3.8, 4) is 0 Å². The Kier molecular flexibility index (Phi) is 4.06. The number of anilines is 1. The molecule has 2 fully saturated rings. The molecule has 19 heavy (non-hydrogen) atoms. The van der Waals surface area contributed by atoms with Crippen molar-refractivity contribution in [3.05, 3.63) is 12.4 Å². The van der Waals surface area contributed by atoms with Crippen molar-refractivity contribution in [1.29, 1.82) is 0 Å². The van der Waals surface area contributed by atoms with Crippen LogP contribution < -0.4 is 5.32 Å². The largest absolute Gasteiger partial charge is 0.381 e. The smallest absolute Gasteiger partial charge is 0.203 e. The Labute approximate surface area is 115 Å². The zero-order valence-electron chi connectivity index (χ0n) is 11.8. The first kappa shape index (κ1) is 13.0. The molecule has 4 heteroatoms. The number of rotatable bonds is 4. The second-order valence-electron chi connectivity index (χ2n) is 6.01. The first-order valence-corrected chi connectivity index (χ1v) is 7.71. The molecule has 4 nitrogen and oxygen atoms in total. The summed E-state index contributed by atoms with van der Waals surface area (Å²) in [5.74, 6) is 1.67. The van der Waals surface area contributed by atoms with Crippen LogP contribution >= 0.6 is 0 Å². The Morgan fingerprint density at radius 1 is 1.32 bits per heavy atom. The highest BCUT2D eigenvalue weighted by Crippen LogP contribution is 2.30. The van der Waals surface area contributed by atoms with Crippen LogP contribution in [0.15, 0.2) is 12.4 Å². The summed E-state index contributed by atoms with van der Waals surface area (Å²) < 4.78 is 7.83. The van der Waals surface area contributed by atoms with Crippen LogP contribution in [0.1, 0.15) is 51.5 Å². The molecule has 0 bridgehead atoms. The van der Waals surface area contributed by atoms with Crippen molar-refractivity contribution in [3.63, 3.8) is 0 Å². The Hall–Kier alpha value is -1.03. The van der Waals surface area contributed by atoms with Crippen LogP contribution in [-0.4, -0.2) is 28.8 Å². The molecule has 1 N–H and O–H groups in total. The molecular formula is C15H25N3O. The van der Waals surface area contributed by atoms with E-state index in [-0.39, 0.29) is 0 Å². The zero-order chi connectivity index (χ0) is 13.1. The number of hydrogen-bond donors (Lipinski definition) is 1. The summed E-state index contributed by atoms with van der Waals surface area (Å²) in [6, 6.07) is 1.08. The van der Waals surface area contributed by atoms with Gasteiger partial charge in [0.15, 0.2) is 0 Å². The number of ether oxygens (including phenoxy) is 1. The Morgan fingerprint density at radius 3 is 2.89 bits per heavy atom. The lowest BCUT2D eigenvalue weighted by Crippen LogP contribution is -2.28. The summed E-state index contributed by atoms with van der Waals surface area (Å²) in [7, 11) is 0. The zero-order valence-corrected chi connectivity index (χ0v) is 11.8. The topological polar surface area (TPSA) is 39.1 Å². The van der Waals surface area contributed by atoms with Gasteiger partial charge in [-0.05, 0) is 26.2 Å². The van der Waals surface area contributed by atoms with E-state index >= 15 is 0 Å². The molecule has 2 aliphatic rings. The SMILES string of the molecule is CC(Nc1nccn1C1CCCCC1)C1CCOC1. The van der Waals surface area contributed by atoms with E-state index in [0.29, 0.717) is 18.0 Å². The average Bonchev–Trinajstić information content (AvgIpc) is 3.11. The molecule has 1 aromatic rings. The second-order valence-corrected chi connectivity index (χ2v) is 6.01. The maximum atomic E-state index is 5.48. The molecule has 2 atom stereocenters. The van der Waals surface area contributed by atoms with Gasteiger partial charge in [0.25, 0.3) is 0 Å². The van der Waals surface area contributed by atoms with E-state index in [4.69, 9.17) is 4.74 Å². The van der Waals surface area contributed by atoms with Crippen molar-refractivity contribution in [2.24, 2.45) is 5.92 Å². The van der Waals surface area contributed by atoms with Gasteiger partial charge < -0.3 is 14.6 Å². The minimum Gasteiger partial charge on any atom is -0.381 e. The average molecular weight is 263 g/mol. The third-order valence-corrected chi connectivity index (χ3v) is 4.67. The Bertz CT molecular complexity index is 392. The lowest BCUT2D eigenvalue weighted by molar-refractivity contribution is 0.183. The van der Waals surface area contributed by atoms with Crippen molar-refractivity contribution < 1.29 is 4.74 Å². The fourth-order valence-corrected chi connectivity index (χ4v) is 3.35. The summed E-state index contributed by atoms with van der Waals surface area (Å²) >= 11 is 0. The van der Waals surface area contributed by atoms with E-state index in [2.05, 4.69) is 28.0 Å². The molecule has 0 amide bonds. The van der Waals surface area contributed by atoms with Crippen molar-refractivity contribution >= 4 is 5.95 Å². The van der Waals surface area contributed by atoms with Crippen LogP contribution in [0.3, 0.4) is 0 Å². The molecule has 2 unspecified atom stereocenters. The van der Waals surface area contributed by atoms with Gasteiger partial charge in [0.05, 0.1) is 6.61 Å². The maximum Gasteiger partial charge on any atom is 0.203 e. The van der Waals surface area contributed by atoms with Gasteiger partial charge >= 0.3 is 0 Å². The third-order valence-electron chi connectivity index (χ3n) is 4.67. The molecule has 0 radical (unpaired) electrons. The summed E-state index contributed by atoms with van der Waals surface area (Å²) in [5, 5.41) is 3.60. The van der Waals surface area contributed by atoms with E-state index in [9.17, 15) is 0 Å². The quantitative estimate of drug-likeness (QED) is 0.906. The molecular weight excluding hydrogens is 238 g/mol. The molecule has 1 saturated carbocycles. The summed E-state index contributed by atoms with van der Waals surface area (Å²) in [6.45, 7) is 4.05. The molecule has 3 rings (SSSR count). The van der Waals surface area contributed by atoms with Crippen molar-refractivity contribution in [2.45, 2.75) is 57.5 Å². The molecule has 0 aromatic carbocycles. The van der Waals surface area contributed by atoms with Gasteiger partial charge in [-0.3, -0.25) is 0 Å². The van der Waals surface area contributed by atoms with E-state index in [1.807, 2.05) is 6.20 Å². The van der Waals surface area contributed by atoms with Crippen LogP contribution in [0.4, 0.5) is 5.95 Å². The number of imidazole rings is 1. The van der Waals surface area contributed by atoms with E-state index < -0.39 is 0 Å². The number of hydrogen-bond acceptors (Lipinski definition) is 3. The monoisotopic (exact) mass is 263 g/mol. The van der Waals surface area contributed by atoms with Gasteiger partial charge in [-0.25, -0.2) is 4.98 Å². The van der Waals surface area contributed by atoms with Gasteiger partial charge in [0.1, 0.15) is 0 Å². The predicted octanol–water partition coefficient (Wildman–Crippen LogP) is 3.23. The van der Waals surface area contributed by atoms with Crippen LogP contribution in [0.25, 0.3) is 0 Å². The lowest BCUT2D eigenvalue weighted by atomic mass is 9.95. The fourth-order valence-electron chi connectivity index (χ4n) is 3.35. The normalized spacial score (nSPS) is 26.5. The number of aromatic nitrogens is 2. The predicted molar refractivity (Wildman–Crippen MR) is 76.4 cm³/mol. The van der Waals surface area contributed by atoms with Gasteiger partial charge in [0.2, 0.25) is 5.95 Å². The van der Waals surface area contributed by atoms with E-state index in [0.717, 1.165) is 25.6 Å². The maximum absolute atomic E-state index is 5.48. The lowest BCUT2D eigenvalue weighted by Gasteiger charge is -2.27. The molecule has 106 valence electrons. The molecule has 1 saturated heterocycles. The highest BCUT2D eigenvalue weighted by molar-refractivity contribution is 5.28. The van der Waals surface area contributed by atoms with Crippen LogP contribution in [-0.2, 0) is 4.74 Å². The second kappa shape index (κ2) is 5.95. The minimum atomic E-state index is 0.437. The van der Waals surface area contributed by atoms with Gasteiger partial charge in [-0.15, -0.1) is 0 Å². The van der Waals surface area contributed by atoms with E-state index in [1.165, 1.54) is 32.1 Å². The Morgan fingerprint density at radius 2 is 2.16 bits per heavy atom. The number of nitrogens with one attached hydrogen (secondary N) is 1. The highest BCUT2D eigenvalue weighted by atomic mass is 16.5. The summed E-state index contributed by atoms with van der Waals surface area (Å²) in [5.41, 5.74) is 0. The minimum absolute atomic E-state index is 0.437. The van der Waals surface area contributed by atoms with E-state index in [1.54, 1.807) is 0 Å². The molecule has 0 spiro atoms. The highest BCUT2D eigenvalue weighted by Gasteiger charge is 2.24. The van der Waals surface area contributed by atoms with Crippen LogP contribution in [0.2, 0.25) is 0 Å². The molecule has 1 aromatic heterocycles. The van der Waals surface area contributed by atoms with Crippen LogP contribution in [0, 0.1) is 5.92 Å². The summed E-state index contributed by atoms with van der Waals surface area (Å²) in [4.78, 5) is 4.51.